The van der Waals surface area contributed by atoms with E-state index >= 15 is 0 Å². The molecule has 2 aromatic carbocycles. The molecule has 0 bridgehead atoms. The van der Waals surface area contributed by atoms with Crippen LogP contribution >= 0.6 is 0 Å². The van der Waals surface area contributed by atoms with E-state index in [1.54, 1.807) is 37.6 Å². The average Bonchev–Trinajstić information content (AvgIpc) is 3.05. The lowest BCUT2D eigenvalue weighted by Gasteiger charge is -2.23. The molecule has 1 saturated heterocycles. The van der Waals surface area contributed by atoms with Crippen LogP contribution in [0.15, 0.2) is 48.7 Å². The van der Waals surface area contributed by atoms with Crippen LogP contribution in [0.4, 0.5) is 16.4 Å². The van der Waals surface area contributed by atoms with Gasteiger partial charge in [-0.1, -0.05) is 13.3 Å². The number of nitriles is 1. The first-order chi connectivity index (χ1) is 21.6. The molecule has 12 heteroatoms. The Morgan fingerprint density at radius 2 is 1.89 bits per heavy atom. The van der Waals surface area contributed by atoms with Gasteiger partial charge < -0.3 is 39.1 Å². The van der Waals surface area contributed by atoms with Crippen molar-refractivity contribution in [2.45, 2.75) is 38.7 Å². The highest BCUT2D eigenvalue weighted by Gasteiger charge is 2.18. The number of alkyl carbamates (subject to hydrolysis) is 1. The van der Waals surface area contributed by atoms with Crippen molar-refractivity contribution in [2.24, 2.45) is 0 Å². The summed E-state index contributed by atoms with van der Waals surface area (Å²) in [5.41, 5.74) is 2.57. The molecule has 2 heterocycles. The largest absolute Gasteiger partial charge is 0.493 e. The van der Waals surface area contributed by atoms with Gasteiger partial charge in [0.25, 0.3) is 0 Å². The van der Waals surface area contributed by atoms with Gasteiger partial charge in [-0.3, -0.25) is 0 Å². The maximum atomic E-state index is 11.6. The normalized spacial score (nSPS) is 13.0. The average molecular weight is 606 g/mol. The van der Waals surface area contributed by atoms with Crippen molar-refractivity contribution in [1.29, 1.82) is 5.26 Å². The highest BCUT2D eigenvalue weighted by atomic mass is 16.6. The predicted molar refractivity (Wildman–Crippen MR) is 164 cm³/mol. The number of ether oxygens (including phenoxy) is 6. The monoisotopic (exact) mass is 605 g/mol. The number of unbranched alkanes of at least 4 members (excludes halogenated alkanes) is 1. The molecule has 0 spiro atoms. The molecular weight excluding hydrogens is 566 g/mol. The quantitative estimate of drug-likeness (QED) is 0.207. The summed E-state index contributed by atoms with van der Waals surface area (Å²) in [6, 6.07) is 14.9. The van der Waals surface area contributed by atoms with Crippen LogP contribution in [0.25, 0.3) is 11.3 Å². The van der Waals surface area contributed by atoms with Crippen LogP contribution in [0.3, 0.4) is 0 Å². The van der Waals surface area contributed by atoms with Crippen LogP contribution in [0.1, 0.15) is 38.2 Å². The topological polar surface area (TPSA) is 146 Å². The Morgan fingerprint density at radius 1 is 1.05 bits per heavy atom. The molecule has 1 aliphatic rings. The van der Waals surface area contributed by atoms with Crippen molar-refractivity contribution in [1.82, 2.24) is 15.3 Å². The molecule has 1 fully saturated rings. The molecule has 0 saturated carbocycles. The van der Waals surface area contributed by atoms with E-state index in [2.05, 4.69) is 26.7 Å². The van der Waals surface area contributed by atoms with Crippen molar-refractivity contribution >= 4 is 17.7 Å². The third-order valence-corrected chi connectivity index (χ3v) is 6.67. The zero-order valence-electron chi connectivity index (χ0n) is 25.2. The standard InChI is InChI=1S/C32H39N5O7/c1-3-4-14-43-32(38)35-13-17-41-18-19-42-30-21-25(6-8-29(30)39-2)36-31-34-12-9-27(37-31)23-5-7-28(24(20-23)22-33)44-26-10-15-40-16-11-26/h5-9,12,20-21,26H,3-4,10-11,13-19H2,1-2H3,(H,35,38)(H,34,36,37). The number of amides is 1. The minimum Gasteiger partial charge on any atom is -0.493 e. The molecule has 234 valence electrons. The van der Waals surface area contributed by atoms with Crippen LogP contribution in [0, 0.1) is 11.3 Å². The Labute approximate surface area is 257 Å². The molecule has 0 radical (unpaired) electrons. The van der Waals surface area contributed by atoms with Crippen LogP contribution < -0.4 is 24.8 Å². The molecular formula is C32H39N5O7. The number of methoxy groups -OCH3 is 1. The van der Waals surface area contributed by atoms with E-state index in [1.165, 1.54) is 0 Å². The second-order valence-corrected chi connectivity index (χ2v) is 9.89. The third kappa shape index (κ3) is 10.00. The summed E-state index contributed by atoms with van der Waals surface area (Å²) in [6.07, 6.45) is 4.66. The smallest absolute Gasteiger partial charge is 0.407 e. The number of hydrogen-bond donors (Lipinski definition) is 2. The molecule has 3 aromatic rings. The number of benzene rings is 2. The molecule has 1 amide bonds. The molecule has 4 rings (SSSR count). The number of nitrogens with one attached hydrogen (secondary N) is 2. The molecule has 2 N–H and O–H groups in total. The van der Waals surface area contributed by atoms with Crippen molar-refractivity contribution in [2.75, 3.05) is 58.6 Å². The Bertz CT molecular complexity index is 1390. The highest BCUT2D eigenvalue weighted by Crippen LogP contribution is 2.32. The molecule has 1 aliphatic heterocycles. The van der Waals surface area contributed by atoms with E-state index in [0.717, 1.165) is 31.2 Å². The van der Waals surface area contributed by atoms with Crippen molar-refractivity contribution in [3.63, 3.8) is 0 Å². The van der Waals surface area contributed by atoms with E-state index in [-0.39, 0.29) is 12.7 Å². The summed E-state index contributed by atoms with van der Waals surface area (Å²) in [7, 11) is 1.57. The van der Waals surface area contributed by atoms with Gasteiger partial charge in [-0.2, -0.15) is 5.26 Å². The minimum atomic E-state index is -0.442. The zero-order chi connectivity index (χ0) is 31.0. The lowest BCUT2D eigenvalue weighted by molar-refractivity contribution is 0.0254. The second-order valence-electron chi connectivity index (χ2n) is 9.89. The number of aromatic nitrogens is 2. The van der Waals surface area contributed by atoms with Crippen LogP contribution in [0.5, 0.6) is 17.2 Å². The number of nitrogens with zero attached hydrogens (tertiary/aromatic N) is 3. The second kappa shape index (κ2) is 17.5. The molecule has 0 atom stereocenters. The first-order valence-electron chi connectivity index (χ1n) is 14.8. The highest BCUT2D eigenvalue weighted by molar-refractivity contribution is 5.67. The summed E-state index contributed by atoms with van der Waals surface area (Å²) in [6.45, 7) is 5.05. The summed E-state index contributed by atoms with van der Waals surface area (Å²) < 4.78 is 33.4. The Kier molecular flexibility index (Phi) is 12.9. The number of hydrogen-bond acceptors (Lipinski definition) is 11. The van der Waals surface area contributed by atoms with Gasteiger partial charge in [-0.25, -0.2) is 14.8 Å². The van der Waals surface area contributed by atoms with Gasteiger partial charge >= 0.3 is 6.09 Å². The fourth-order valence-corrected chi connectivity index (χ4v) is 4.33. The van der Waals surface area contributed by atoms with Crippen molar-refractivity contribution < 1.29 is 33.2 Å². The molecule has 0 unspecified atom stereocenters. The van der Waals surface area contributed by atoms with E-state index in [9.17, 15) is 10.1 Å². The van der Waals surface area contributed by atoms with Crippen LogP contribution in [-0.2, 0) is 14.2 Å². The SMILES string of the molecule is CCCCOC(=O)NCCOCCOc1cc(Nc2nccc(-c3ccc(OC4CCOCC4)c(C#N)c3)n2)ccc1OC. The fourth-order valence-electron chi connectivity index (χ4n) is 4.33. The van der Waals surface area contributed by atoms with Gasteiger partial charge in [0.1, 0.15) is 24.5 Å². The lowest BCUT2D eigenvalue weighted by atomic mass is 10.1. The number of carbonyl (C=O) groups is 1. The predicted octanol–water partition coefficient (Wildman–Crippen LogP) is 5.25. The summed E-state index contributed by atoms with van der Waals surface area (Å²) in [5.74, 6) is 2.03. The third-order valence-electron chi connectivity index (χ3n) is 6.67. The van der Waals surface area contributed by atoms with Crippen molar-refractivity contribution in [3.8, 4) is 34.6 Å². The van der Waals surface area contributed by atoms with E-state index < -0.39 is 6.09 Å². The van der Waals surface area contributed by atoms with Crippen LogP contribution in [0.2, 0.25) is 0 Å². The molecule has 1 aromatic heterocycles. The van der Waals surface area contributed by atoms with Gasteiger partial charge in [0.15, 0.2) is 11.5 Å². The van der Waals surface area contributed by atoms with Crippen molar-refractivity contribution in [3.05, 3.63) is 54.2 Å². The summed E-state index contributed by atoms with van der Waals surface area (Å²) in [5, 5.41) is 15.6. The van der Waals surface area contributed by atoms with E-state index in [1.807, 2.05) is 25.1 Å². The van der Waals surface area contributed by atoms with E-state index in [4.69, 9.17) is 28.4 Å². The number of carbonyl (C=O) groups excluding carboxylic acids is 1. The number of rotatable bonds is 16. The minimum absolute atomic E-state index is 0.0390. The fraction of sp³-hybridized carbons (Fsp3) is 0.438. The van der Waals surface area contributed by atoms with Gasteiger partial charge in [-0.15, -0.1) is 0 Å². The number of anilines is 2. The van der Waals surface area contributed by atoms with Gasteiger partial charge in [0.2, 0.25) is 5.95 Å². The lowest BCUT2D eigenvalue weighted by Crippen LogP contribution is -2.28. The molecule has 44 heavy (non-hydrogen) atoms. The maximum absolute atomic E-state index is 11.6. The zero-order valence-corrected chi connectivity index (χ0v) is 25.2. The maximum Gasteiger partial charge on any atom is 0.407 e. The summed E-state index contributed by atoms with van der Waals surface area (Å²) in [4.78, 5) is 20.6. The Balaban J connectivity index is 1.31. The van der Waals surface area contributed by atoms with Gasteiger partial charge in [-0.05, 0) is 42.8 Å². The summed E-state index contributed by atoms with van der Waals surface area (Å²) >= 11 is 0. The first kappa shape index (κ1) is 32.3. The molecule has 12 nitrogen and oxygen atoms in total. The first-order valence-corrected chi connectivity index (χ1v) is 14.8. The Morgan fingerprint density at radius 3 is 2.68 bits per heavy atom. The molecule has 0 aliphatic carbocycles. The van der Waals surface area contributed by atoms with E-state index in [0.29, 0.717) is 79.7 Å². The van der Waals surface area contributed by atoms with Gasteiger partial charge in [0.05, 0.1) is 51.4 Å². The van der Waals surface area contributed by atoms with Gasteiger partial charge in [0, 0.05) is 42.9 Å². The van der Waals surface area contributed by atoms with Crippen LogP contribution in [-0.4, -0.2) is 75.5 Å². The Hall–Kier alpha value is -4.60.